The lowest BCUT2D eigenvalue weighted by atomic mass is 9.87. The van der Waals surface area contributed by atoms with E-state index in [2.05, 4.69) is 0 Å². The van der Waals surface area contributed by atoms with E-state index in [9.17, 15) is 10.2 Å². The average molecular weight is 169 g/mol. The average Bonchev–Trinajstić information content (AvgIpc) is 1.98. The van der Waals surface area contributed by atoms with Gasteiger partial charge in [0.15, 0.2) is 0 Å². The number of hydrogen-bond donors (Lipinski definition) is 3. The fourth-order valence-electron chi connectivity index (χ4n) is 1.41. The van der Waals surface area contributed by atoms with Crippen molar-refractivity contribution < 1.29 is 10.2 Å². The Morgan fingerprint density at radius 1 is 1.67 bits per heavy atom. The van der Waals surface area contributed by atoms with Gasteiger partial charge in [0.2, 0.25) is 0 Å². The first-order valence-electron chi connectivity index (χ1n) is 4.08. The van der Waals surface area contributed by atoms with Gasteiger partial charge in [-0.2, -0.15) is 0 Å². The Hall–Kier alpha value is -0.800. The molecule has 0 amide bonds. The highest BCUT2D eigenvalue weighted by Gasteiger charge is 2.26. The van der Waals surface area contributed by atoms with Crippen molar-refractivity contribution in [1.29, 1.82) is 0 Å². The quantitative estimate of drug-likeness (QED) is 0.574. The van der Waals surface area contributed by atoms with Crippen LogP contribution in [-0.4, -0.2) is 22.4 Å². The Morgan fingerprint density at radius 2 is 2.33 bits per heavy atom. The molecule has 1 rings (SSSR count). The number of nitrogens with two attached hydrogens (primary N) is 1. The van der Waals surface area contributed by atoms with E-state index in [1.807, 2.05) is 0 Å². The van der Waals surface area contributed by atoms with Crippen LogP contribution in [0.3, 0.4) is 0 Å². The van der Waals surface area contributed by atoms with Crippen molar-refractivity contribution in [2.24, 2.45) is 5.73 Å². The highest BCUT2D eigenvalue weighted by molar-refractivity contribution is 5.28. The standard InChI is InChI=1S/C9H15NO2/c1-7-6-9(12,4-5-10)3-2-8(7)11/h2-3,11-12H,4-6,10H2,1H3. The summed E-state index contributed by atoms with van der Waals surface area (Å²) in [5.41, 5.74) is 5.32. The topological polar surface area (TPSA) is 66.5 Å². The molecule has 68 valence electrons. The Bertz CT molecular complexity index is 233. The Kier molecular flexibility index (Phi) is 2.55. The van der Waals surface area contributed by atoms with E-state index in [4.69, 9.17) is 5.73 Å². The zero-order valence-corrected chi connectivity index (χ0v) is 7.25. The van der Waals surface area contributed by atoms with Crippen LogP contribution in [0.15, 0.2) is 23.5 Å². The fourth-order valence-corrected chi connectivity index (χ4v) is 1.41. The second kappa shape index (κ2) is 3.29. The maximum atomic E-state index is 9.85. The summed E-state index contributed by atoms with van der Waals surface area (Å²) in [7, 11) is 0. The van der Waals surface area contributed by atoms with E-state index < -0.39 is 5.60 Å². The molecule has 0 aromatic carbocycles. The van der Waals surface area contributed by atoms with Crippen molar-refractivity contribution >= 4 is 0 Å². The molecular weight excluding hydrogens is 154 g/mol. The molecule has 1 unspecified atom stereocenters. The van der Waals surface area contributed by atoms with E-state index in [0.29, 0.717) is 19.4 Å². The maximum absolute atomic E-state index is 9.85. The van der Waals surface area contributed by atoms with Crippen LogP contribution >= 0.6 is 0 Å². The Balaban J connectivity index is 2.72. The molecule has 0 heterocycles. The summed E-state index contributed by atoms with van der Waals surface area (Å²) < 4.78 is 0. The zero-order valence-electron chi connectivity index (χ0n) is 7.25. The molecule has 0 spiro atoms. The van der Waals surface area contributed by atoms with Gasteiger partial charge in [-0.15, -0.1) is 0 Å². The van der Waals surface area contributed by atoms with Gasteiger partial charge in [0.1, 0.15) is 5.76 Å². The van der Waals surface area contributed by atoms with Crippen LogP contribution in [0.4, 0.5) is 0 Å². The molecule has 0 fully saturated rings. The maximum Gasteiger partial charge on any atom is 0.114 e. The number of rotatable bonds is 2. The molecule has 12 heavy (non-hydrogen) atoms. The SMILES string of the molecule is CC1=C(O)C=CC(O)(CCN)C1. The van der Waals surface area contributed by atoms with E-state index in [0.717, 1.165) is 5.57 Å². The molecule has 0 saturated heterocycles. The molecule has 0 aliphatic heterocycles. The third-order valence-electron chi connectivity index (χ3n) is 2.14. The van der Waals surface area contributed by atoms with Crippen LogP contribution < -0.4 is 5.73 Å². The van der Waals surface area contributed by atoms with Crippen LogP contribution in [0, 0.1) is 0 Å². The van der Waals surface area contributed by atoms with Crippen LogP contribution in [0.1, 0.15) is 19.8 Å². The molecule has 3 heteroatoms. The zero-order chi connectivity index (χ0) is 9.19. The van der Waals surface area contributed by atoms with Crippen molar-refractivity contribution in [2.75, 3.05) is 6.54 Å². The number of aliphatic hydroxyl groups is 2. The molecule has 1 atom stereocenters. The second-order valence-electron chi connectivity index (χ2n) is 3.32. The third kappa shape index (κ3) is 1.87. The molecule has 0 bridgehead atoms. The first kappa shape index (κ1) is 9.29. The van der Waals surface area contributed by atoms with Crippen LogP contribution in [0.5, 0.6) is 0 Å². The summed E-state index contributed by atoms with van der Waals surface area (Å²) >= 11 is 0. The van der Waals surface area contributed by atoms with E-state index >= 15 is 0 Å². The second-order valence-corrected chi connectivity index (χ2v) is 3.32. The minimum atomic E-state index is -0.842. The van der Waals surface area contributed by atoms with Gasteiger partial charge in [-0.05, 0) is 37.6 Å². The van der Waals surface area contributed by atoms with Crippen LogP contribution in [0.2, 0.25) is 0 Å². The summed E-state index contributed by atoms with van der Waals surface area (Å²) in [5.74, 6) is 0.261. The van der Waals surface area contributed by atoms with E-state index in [-0.39, 0.29) is 5.76 Å². The number of allylic oxidation sites excluding steroid dienone is 1. The number of aliphatic hydroxyl groups excluding tert-OH is 1. The Morgan fingerprint density at radius 3 is 2.83 bits per heavy atom. The van der Waals surface area contributed by atoms with Crippen LogP contribution in [-0.2, 0) is 0 Å². The van der Waals surface area contributed by atoms with Gasteiger partial charge in [0.05, 0.1) is 5.60 Å². The van der Waals surface area contributed by atoms with E-state index in [1.54, 1.807) is 13.0 Å². The van der Waals surface area contributed by atoms with Crippen molar-refractivity contribution in [3.63, 3.8) is 0 Å². The lowest BCUT2D eigenvalue weighted by molar-refractivity contribution is 0.0806. The summed E-state index contributed by atoms with van der Waals surface area (Å²) in [5, 5.41) is 19.1. The molecule has 1 aliphatic rings. The summed E-state index contributed by atoms with van der Waals surface area (Å²) in [6, 6.07) is 0. The van der Waals surface area contributed by atoms with Gasteiger partial charge in [-0.3, -0.25) is 0 Å². The molecule has 0 saturated carbocycles. The van der Waals surface area contributed by atoms with Crippen molar-refractivity contribution in [3.8, 4) is 0 Å². The van der Waals surface area contributed by atoms with Gasteiger partial charge in [0, 0.05) is 6.42 Å². The molecule has 4 N–H and O–H groups in total. The fraction of sp³-hybridized carbons (Fsp3) is 0.556. The predicted molar refractivity (Wildman–Crippen MR) is 47.7 cm³/mol. The molecule has 0 radical (unpaired) electrons. The lowest BCUT2D eigenvalue weighted by Crippen LogP contribution is -2.31. The van der Waals surface area contributed by atoms with Crippen LogP contribution in [0.25, 0.3) is 0 Å². The third-order valence-corrected chi connectivity index (χ3v) is 2.14. The largest absolute Gasteiger partial charge is 0.508 e. The highest BCUT2D eigenvalue weighted by atomic mass is 16.3. The minimum absolute atomic E-state index is 0.261. The first-order chi connectivity index (χ1) is 5.57. The Labute approximate surface area is 72.2 Å². The normalized spacial score (nSPS) is 29.6. The summed E-state index contributed by atoms with van der Waals surface area (Å²) in [6.07, 6.45) is 4.16. The van der Waals surface area contributed by atoms with Crippen molar-refractivity contribution in [1.82, 2.24) is 0 Å². The van der Waals surface area contributed by atoms with Crippen molar-refractivity contribution in [3.05, 3.63) is 23.5 Å². The molecule has 3 nitrogen and oxygen atoms in total. The van der Waals surface area contributed by atoms with Crippen molar-refractivity contribution in [2.45, 2.75) is 25.4 Å². The smallest absolute Gasteiger partial charge is 0.114 e. The molecule has 0 aromatic heterocycles. The minimum Gasteiger partial charge on any atom is -0.508 e. The molecule has 0 aromatic rings. The monoisotopic (exact) mass is 169 g/mol. The first-order valence-corrected chi connectivity index (χ1v) is 4.08. The lowest BCUT2D eigenvalue weighted by Gasteiger charge is -2.27. The summed E-state index contributed by atoms with van der Waals surface area (Å²) in [4.78, 5) is 0. The van der Waals surface area contributed by atoms with E-state index in [1.165, 1.54) is 6.08 Å². The predicted octanol–water partition coefficient (Wildman–Crippen LogP) is 0.858. The van der Waals surface area contributed by atoms with Gasteiger partial charge in [0.25, 0.3) is 0 Å². The van der Waals surface area contributed by atoms with Gasteiger partial charge in [-0.1, -0.05) is 0 Å². The van der Waals surface area contributed by atoms with Gasteiger partial charge in [-0.25, -0.2) is 0 Å². The highest BCUT2D eigenvalue weighted by Crippen LogP contribution is 2.27. The number of hydrogen-bond acceptors (Lipinski definition) is 3. The van der Waals surface area contributed by atoms with Gasteiger partial charge >= 0.3 is 0 Å². The molecular formula is C9H15NO2. The van der Waals surface area contributed by atoms with Gasteiger partial charge < -0.3 is 15.9 Å². The summed E-state index contributed by atoms with van der Waals surface area (Å²) in [6.45, 7) is 2.26. The molecule has 1 aliphatic carbocycles.